The zero-order chi connectivity index (χ0) is 12.3. The minimum atomic E-state index is 0.632. The molecule has 2 aromatic heterocycles. The van der Waals surface area contributed by atoms with Crippen molar-refractivity contribution in [3.63, 3.8) is 0 Å². The Kier molecular flexibility index (Phi) is 3.58. The maximum absolute atomic E-state index is 5.51. The first-order valence-electron chi connectivity index (χ1n) is 5.72. The van der Waals surface area contributed by atoms with E-state index in [1.165, 1.54) is 0 Å². The Hall–Kier alpha value is -1.62. The van der Waals surface area contributed by atoms with Gasteiger partial charge >= 0.3 is 0 Å². The van der Waals surface area contributed by atoms with Crippen molar-refractivity contribution in [3.05, 3.63) is 35.4 Å². The van der Waals surface area contributed by atoms with Crippen LogP contribution in [0.2, 0.25) is 0 Å². The predicted molar refractivity (Wildman–Crippen MR) is 62.3 cm³/mol. The molecule has 0 amide bonds. The van der Waals surface area contributed by atoms with Gasteiger partial charge in [-0.1, -0.05) is 12.1 Å². The van der Waals surface area contributed by atoms with E-state index in [0.717, 1.165) is 30.3 Å². The first kappa shape index (κ1) is 11.9. The van der Waals surface area contributed by atoms with E-state index < -0.39 is 0 Å². The maximum atomic E-state index is 5.51. The molecule has 0 aliphatic heterocycles. The lowest BCUT2D eigenvalue weighted by atomic mass is 10.4. The van der Waals surface area contributed by atoms with E-state index in [9.17, 15) is 0 Å². The molecular formula is C12H17N3O2. The molecule has 0 N–H and O–H groups in total. The molecule has 0 bridgehead atoms. The Labute approximate surface area is 100 Å². The quantitative estimate of drug-likeness (QED) is 0.795. The average Bonchev–Trinajstić information content (AvgIpc) is 2.88. The second kappa shape index (κ2) is 5.14. The van der Waals surface area contributed by atoms with Crippen molar-refractivity contribution in [1.82, 2.24) is 15.0 Å². The van der Waals surface area contributed by atoms with Crippen LogP contribution in [0, 0.1) is 6.92 Å². The van der Waals surface area contributed by atoms with Crippen molar-refractivity contribution >= 4 is 0 Å². The molecule has 0 radical (unpaired) electrons. The minimum Gasteiger partial charge on any atom is -0.465 e. The van der Waals surface area contributed by atoms with Gasteiger partial charge in [0.1, 0.15) is 11.5 Å². The van der Waals surface area contributed by atoms with Crippen molar-refractivity contribution in [2.45, 2.75) is 33.4 Å². The van der Waals surface area contributed by atoms with Crippen molar-refractivity contribution in [2.24, 2.45) is 0 Å². The summed E-state index contributed by atoms with van der Waals surface area (Å²) in [7, 11) is 1.99. The van der Waals surface area contributed by atoms with Crippen LogP contribution in [0.1, 0.15) is 30.2 Å². The van der Waals surface area contributed by atoms with Crippen molar-refractivity contribution in [3.8, 4) is 0 Å². The molecule has 0 aliphatic rings. The third kappa shape index (κ3) is 3.17. The van der Waals surface area contributed by atoms with Crippen LogP contribution in [-0.4, -0.2) is 22.1 Å². The van der Waals surface area contributed by atoms with Gasteiger partial charge in [0.25, 0.3) is 0 Å². The fraction of sp³-hybridized carbons (Fsp3) is 0.500. The normalized spacial score (nSPS) is 11.3. The summed E-state index contributed by atoms with van der Waals surface area (Å²) >= 11 is 0. The Morgan fingerprint density at radius 2 is 2.12 bits per heavy atom. The number of furan rings is 1. The van der Waals surface area contributed by atoms with Gasteiger partial charge in [0.2, 0.25) is 5.89 Å². The fourth-order valence-corrected chi connectivity index (χ4v) is 1.62. The molecule has 0 aliphatic carbocycles. The van der Waals surface area contributed by atoms with E-state index in [4.69, 9.17) is 8.94 Å². The van der Waals surface area contributed by atoms with Crippen LogP contribution in [0.4, 0.5) is 0 Å². The summed E-state index contributed by atoms with van der Waals surface area (Å²) in [5, 5.41) is 3.86. The van der Waals surface area contributed by atoms with Gasteiger partial charge in [-0.05, 0) is 26.1 Å². The number of nitrogens with zero attached hydrogens (tertiary/aromatic N) is 3. The van der Waals surface area contributed by atoms with Crippen LogP contribution in [0.25, 0.3) is 0 Å². The van der Waals surface area contributed by atoms with Crippen molar-refractivity contribution in [2.75, 3.05) is 7.05 Å². The van der Waals surface area contributed by atoms with Crippen LogP contribution < -0.4 is 0 Å². The van der Waals surface area contributed by atoms with E-state index >= 15 is 0 Å². The van der Waals surface area contributed by atoms with Crippen molar-refractivity contribution < 1.29 is 8.94 Å². The molecule has 0 spiro atoms. The van der Waals surface area contributed by atoms with Gasteiger partial charge in [-0.25, -0.2) is 0 Å². The number of aromatic nitrogens is 2. The zero-order valence-corrected chi connectivity index (χ0v) is 10.4. The Bertz CT molecular complexity index is 476. The molecule has 0 aromatic carbocycles. The summed E-state index contributed by atoms with van der Waals surface area (Å²) in [6.07, 6.45) is 0.796. The van der Waals surface area contributed by atoms with Gasteiger partial charge in [-0.3, -0.25) is 4.90 Å². The summed E-state index contributed by atoms with van der Waals surface area (Å²) in [5.74, 6) is 3.27. The molecule has 5 heteroatoms. The van der Waals surface area contributed by atoms with E-state index in [2.05, 4.69) is 15.0 Å². The number of rotatable bonds is 5. The average molecular weight is 235 g/mol. The molecule has 2 heterocycles. The molecule has 0 fully saturated rings. The highest BCUT2D eigenvalue weighted by Gasteiger charge is 2.09. The van der Waals surface area contributed by atoms with Crippen molar-refractivity contribution in [1.29, 1.82) is 0 Å². The van der Waals surface area contributed by atoms with E-state index in [0.29, 0.717) is 12.4 Å². The van der Waals surface area contributed by atoms with Gasteiger partial charge in [-0.15, -0.1) is 0 Å². The van der Waals surface area contributed by atoms with Crippen LogP contribution in [0.5, 0.6) is 0 Å². The van der Waals surface area contributed by atoms with Gasteiger partial charge < -0.3 is 8.94 Å². The molecule has 0 saturated carbocycles. The summed E-state index contributed by atoms with van der Waals surface area (Å²) in [5.41, 5.74) is 0. The predicted octanol–water partition coefficient (Wildman–Crippen LogP) is 2.17. The number of hydrogen-bond donors (Lipinski definition) is 0. The smallest absolute Gasteiger partial charge is 0.240 e. The highest BCUT2D eigenvalue weighted by molar-refractivity contribution is 5.05. The molecule has 2 rings (SSSR count). The largest absolute Gasteiger partial charge is 0.465 e. The molecule has 92 valence electrons. The van der Waals surface area contributed by atoms with E-state index in [1.54, 1.807) is 0 Å². The summed E-state index contributed by atoms with van der Waals surface area (Å²) in [4.78, 5) is 6.34. The molecule has 2 aromatic rings. The number of aryl methyl sites for hydroxylation is 2. The topological polar surface area (TPSA) is 55.3 Å². The lowest BCUT2D eigenvalue weighted by Gasteiger charge is -2.11. The highest BCUT2D eigenvalue weighted by Crippen LogP contribution is 2.10. The fourth-order valence-electron chi connectivity index (χ4n) is 1.62. The van der Waals surface area contributed by atoms with E-state index in [-0.39, 0.29) is 0 Å². The molecule has 0 atom stereocenters. The summed E-state index contributed by atoms with van der Waals surface area (Å²) < 4.78 is 10.6. The molecule has 5 nitrogen and oxygen atoms in total. The third-order valence-electron chi connectivity index (χ3n) is 2.45. The van der Waals surface area contributed by atoms with Crippen LogP contribution in [0.3, 0.4) is 0 Å². The monoisotopic (exact) mass is 235 g/mol. The lowest BCUT2D eigenvalue weighted by molar-refractivity contribution is 0.242. The standard InChI is InChI=1S/C12H17N3O2/c1-4-11-13-12(17-14-11)8-15(3)7-10-6-5-9(2)16-10/h5-6H,4,7-8H2,1-3H3. The van der Waals surface area contributed by atoms with Gasteiger partial charge in [0, 0.05) is 6.42 Å². The first-order chi connectivity index (χ1) is 8.17. The second-order valence-corrected chi connectivity index (χ2v) is 4.14. The second-order valence-electron chi connectivity index (χ2n) is 4.14. The lowest BCUT2D eigenvalue weighted by Crippen LogP contribution is -2.17. The Balaban J connectivity index is 1.90. The minimum absolute atomic E-state index is 0.632. The van der Waals surface area contributed by atoms with E-state index in [1.807, 2.05) is 33.0 Å². The third-order valence-corrected chi connectivity index (χ3v) is 2.45. The molecule has 0 unspecified atom stereocenters. The number of hydrogen-bond acceptors (Lipinski definition) is 5. The summed E-state index contributed by atoms with van der Waals surface area (Å²) in [6.45, 7) is 5.31. The molecule has 0 saturated heterocycles. The zero-order valence-electron chi connectivity index (χ0n) is 10.4. The first-order valence-corrected chi connectivity index (χ1v) is 5.72. The summed E-state index contributed by atoms with van der Waals surface area (Å²) in [6, 6.07) is 3.95. The van der Waals surface area contributed by atoms with Crippen LogP contribution in [0.15, 0.2) is 21.1 Å². The molecule has 17 heavy (non-hydrogen) atoms. The SMILES string of the molecule is CCc1noc(CN(C)Cc2ccc(C)o2)n1. The van der Waals surface area contributed by atoms with Crippen LogP contribution in [-0.2, 0) is 19.5 Å². The Morgan fingerprint density at radius 1 is 1.29 bits per heavy atom. The maximum Gasteiger partial charge on any atom is 0.240 e. The van der Waals surface area contributed by atoms with Gasteiger partial charge in [0.15, 0.2) is 5.82 Å². The van der Waals surface area contributed by atoms with Gasteiger partial charge in [-0.2, -0.15) is 4.98 Å². The Morgan fingerprint density at radius 3 is 2.71 bits per heavy atom. The van der Waals surface area contributed by atoms with Crippen LogP contribution >= 0.6 is 0 Å². The molecular weight excluding hydrogens is 218 g/mol. The highest BCUT2D eigenvalue weighted by atomic mass is 16.5. The van der Waals surface area contributed by atoms with Gasteiger partial charge in [0.05, 0.1) is 13.1 Å².